The van der Waals surface area contributed by atoms with Gasteiger partial charge in [0.2, 0.25) is 5.52 Å². The summed E-state index contributed by atoms with van der Waals surface area (Å²) in [4.78, 5) is 4.76. The Hall–Kier alpha value is -3.24. The minimum absolute atomic E-state index is 0.453. The van der Waals surface area contributed by atoms with Gasteiger partial charge in [-0.3, -0.25) is 0 Å². The Bertz CT molecular complexity index is 1640. The molecular formula is C27H23N2OS+. The summed E-state index contributed by atoms with van der Waals surface area (Å²) in [5, 5.41) is 7.11. The summed E-state index contributed by atoms with van der Waals surface area (Å²) in [6.45, 7) is 6.63. The molecular weight excluding hydrogens is 400 g/mol. The van der Waals surface area contributed by atoms with E-state index < -0.39 is 0 Å². The van der Waals surface area contributed by atoms with E-state index in [-0.39, 0.29) is 0 Å². The van der Waals surface area contributed by atoms with Crippen molar-refractivity contribution in [1.82, 2.24) is 4.98 Å². The number of thiophene rings is 1. The predicted molar refractivity (Wildman–Crippen MR) is 130 cm³/mol. The maximum absolute atomic E-state index is 6.43. The van der Waals surface area contributed by atoms with Gasteiger partial charge >= 0.3 is 0 Å². The van der Waals surface area contributed by atoms with Crippen LogP contribution in [0, 0.1) is 6.92 Å². The van der Waals surface area contributed by atoms with Crippen LogP contribution in [-0.4, -0.2) is 4.98 Å². The first-order valence-corrected chi connectivity index (χ1v) is 11.5. The molecule has 0 unspecified atom stereocenters. The molecule has 0 aliphatic rings. The minimum Gasteiger partial charge on any atom is -0.456 e. The number of nitrogens with zero attached hydrogens (tertiary/aromatic N) is 2. The molecule has 152 valence electrons. The van der Waals surface area contributed by atoms with Crippen molar-refractivity contribution >= 4 is 54.3 Å². The minimum atomic E-state index is 0.453. The van der Waals surface area contributed by atoms with E-state index in [1.165, 1.54) is 48.6 Å². The Labute approximate surface area is 184 Å². The second-order valence-electron chi connectivity index (χ2n) is 8.60. The normalized spacial score (nSPS) is 12.2. The Morgan fingerprint density at radius 3 is 2.68 bits per heavy atom. The van der Waals surface area contributed by atoms with Crippen LogP contribution in [0.1, 0.15) is 30.9 Å². The highest BCUT2D eigenvalue weighted by atomic mass is 32.1. The first kappa shape index (κ1) is 18.5. The fourth-order valence-corrected chi connectivity index (χ4v) is 6.03. The fraction of sp³-hybridized carbons (Fsp3) is 0.185. The van der Waals surface area contributed by atoms with Crippen molar-refractivity contribution in [2.75, 3.05) is 0 Å². The number of hydrogen-bond acceptors (Lipinski definition) is 3. The molecule has 0 aliphatic heterocycles. The first-order chi connectivity index (χ1) is 15.0. The van der Waals surface area contributed by atoms with Crippen LogP contribution in [0.5, 0.6) is 0 Å². The van der Waals surface area contributed by atoms with E-state index in [9.17, 15) is 0 Å². The average molecular weight is 424 g/mol. The van der Waals surface area contributed by atoms with Gasteiger partial charge in [0.05, 0.1) is 7.05 Å². The Balaban J connectivity index is 1.68. The van der Waals surface area contributed by atoms with E-state index in [1.54, 1.807) is 11.3 Å². The molecule has 4 heteroatoms. The molecule has 0 spiro atoms. The van der Waals surface area contributed by atoms with E-state index in [1.807, 2.05) is 6.33 Å². The zero-order valence-electron chi connectivity index (χ0n) is 18.1. The van der Waals surface area contributed by atoms with Gasteiger partial charge in [0, 0.05) is 27.5 Å². The van der Waals surface area contributed by atoms with Crippen LogP contribution in [0.25, 0.3) is 54.2 Å². The largest absolute Gasteiger partial charge is 0.456 e. The number of fused-ring (bicyclic) bond motifs is 6. The second kappa shape index (κ2) is 6.63. The van der Waals surface area contributed by atoms with Gasteiger partial charge in [0.1, 0.15) is 15.9 Å². The molecule has 31 heavy (non-hydrogen) atoms. The quantitative estimate of drug-likeness (QED) is 0.274. The van der Waals surface area contributed by atoms with Crippen LogP contribution >= 0.6 is 11.3 Å². The van der Waals surface area contributed by atoms with Gasteiger partial charge in [-0.15, -0.1) is 11.3 Å². The van der Waals surface area contributed by atoms with Crippen molar-refractivity contribution in [3.63, 3.8) is 0 Å². The molecule has 0 bridgehead atoms. The molecule has 6 aromatic rings. The molecule has 0 saturated heterocycles. The molecule has 3 nitrogen and oxygen atoms in total. The summed E-state index contributed by atoms with van der Waals surface area (Å²) in [6.07, 6.45) is 1.94. The van der Waals surface area contributed by atoms with E-state index in [0.29, 0.717) is 5.92 Å². The Morgan fingerprint density at radius 2 is 1.84 bits per heavy atom. The van der Waals surface area contributed by atoms with Crippen molar-refractivity contribution in [1.29, 1.82) is 0 Å². The van der Waals surface area contributed by atoms with Crippen LogP contribution in [0.15, 0.2) is 64.7 Å². The van der Waals surface area contributed by atoms with Crippen LogP contribution in [0.2, 0.25) is 0 Å². The molecule has 3 heterocycles. The van der Waals surface area contributed by atoms with Crippen LogP contribution in [-0.2, 0) is 7.05 Å². The summed E-state index contributed by atoms with van der Waals surface area (Å²) in [6, 6.07) is 17.2. The number of furan rings is 1. The molecule has 0 radical (unpaired) electrons. The number of benzene rings is 3. The number of aromatic nitrogens is 2. The van der Waals surface area contributed by atoms with Gasteiger partial charge in [-0.2, -0.15) is 0 Å². The molecule has 0 atom stereocenters. The highest BCUT2D eigenvalue weighted by molar-refractivity contribution is 7.17. The summed E-state index contributed by atoms with van der Waals surface area (Å²) in [5.74, 6) is 0.453. The van der Waals surface area contributed by atoms with Gasteiger partial charge in [-0.1, -0.05) is 44.2 Å². The first-order valence-electron chi connectivity index (χ1n) is 10.6. The lowest BCUT2D eigenvalue weighted by Crippen LogP contribution is -2.31. The molecule has 6 rings (SSSR count). The van der Waals surface area contributed by atoms with Crippen LogP contribution in [0.3, 0.4) is 0 Å². The SMILES string of the molecule is Cc1c(-c2c3scc(C(C)C)c3nc[n+]2C)ccc2c1oc1ccc3ccccc3c12. The molecule has 0 aliphatic carbocycles. The lowest BCUT2D eigenvalue weighted by molar-refractivity contribution is -0.662. The summed E-state index contributed by atoms with van der Waals surface area (Å²) in [7, 11) is 2.08. The summed E-state index contributed by atoms with van der Waals surface area (Å²) in [5.41, 5.74) is 7.90. The van der Waals surface area contributed by atoms with Crippen molar-refractivity contribution in [3.8, 4) is 11.3 Å². The average Bonchev–Trinajstić information content (AvgIpc) is 3.37. The summed E-state index contributed by atoms with van der Waals surface area (Å²) >= 11 is 1.78. The highest BCUT2D eigenvalue weighted by Crippen LogP contribution is 2.41. The lowest BCUT2D eigenvalue weighted by Gasteiger charge is -2.08. The predicted octanol–water partition coefficient (Wildman–Crippen LogP) is 7.27. The van der Waals surface area contributed by atoms with Crippen LogP contribution in [0.4, 0.5) is 0 Å². The number of hydrogen-bond donors (Lipinski definition) is 0. The van der Waals surface area contributed by atoms with Crippen molar-refractivity contribution in [2.45, 2.75) is 26.7 Å². The fourth-order valence-electron chi connectivity index (χ4n) is 4.75. The van der Waals surface area contributed by atoms with Gasteiger partial charge in [-0.25, -0.2) is 4.57 Å². The number of aryl methyl sites for hydroxylation is 2. The Kier molecular flexibility index (Phi) is 3.96. The van der Waals surface area contributed by atoms with Gasteiger partial charge < -0.3 is 4.42 Å². The molecule has 3 aromatic heterocycles. The Morgan fingerprint density at radius 1 is 1.00 bits per heavy atom. The molecule has 0 saturated carbocycles. The van der Waals surface area contributed by atoms with Gasteiger partial charge in [-0.05, 0) is 52.2 Å². The zero-order chi connectivity index (χ0) is 21.3. The standard InChI is InChI=1S/C27H23N2OS/c1-15(2)21-13-31-27-24(21)28-14-29(4)25(27)18-10-11-20-23-19-8-6-5-7-17(19)9-12-22(23)30-26(20)16(18)3/h5-15H,1-4H3/q+1. The monoisotopic (exact) mass is 423 g/mol. The van der Waals surface area contributed by atoms with E-state index in [2.05, 4.69) is 86.3 Å². The third-order valence-corrected chi connectivity index (χ3v) is 7.37. The molecule has 0 fully saturated rings. The highest BCUT2D eigenvalue weighted by Gasteiger charge is 2.24. The van der Waals surface area contributed by atoms with Crippen molar-refractivity contribution in [3.05, 3.63) is 71.4 Å². The molecule has 0 N–H and O–H groups in total. The topological polar surface area (TPSA) is 29.9 Å². The van der Waals surface area contributed by atoms with E-state index in [0.717, 1.165) is 16.7 Å². The van der Waals surface area contributed by atoms with Gasteiger partial charge in [0.15, 0.2) is 5.69 Å². The third kappa shape index (κ3) is 2.58. The van der Waals surface area contributed by atoms with Crippen molar-refractivity contribution in [2.24, 2.45) is 7.05 Å². The number of rotatable bonds is 2. The lowest BCUT2D eigenvalue weighted by atomic mass is 9.98. The second-order valence-corrected chi connectivity index (χ2v) is 9.48. The van der Waals surface area contributed by atoms with Crippen LogP contribution < -0.4 is 4.57 Å². The smallest absolute Gasteiger partial charge is 0.287 e. The van der Waals surface area contributed by atoms with Crippen molar-refractivity contribution < 1.29 is 8.98 Å². The maximum Gasteiger partial charge on any atom is 0.287 e. The zero-order valence-corrected chi connectivity index (χ0v) is 18.9. The van der Waals surface area contributed by atoms with Gasteiger partial charge in [0.25, 0.3) is 6.33 Å². The van der Waals surface area contributed by atoms with E-state index in [4.69, 9.17) is 9.40 Å². The maximum atomic E-state index is 6.43. The third-order valence-electron chi connectivity index (χ3n) is 6.38. The van der Waals surface area contributed by atoms with E-state index >= 15 is 0 Å². The summed E-state index contributed by atoms with van der Waals surface area (Å²) < 4.78 is 9.80. The molecule has 3 aromatic carbocycles. The molecule has 0 amide bonds.